The molecule has 32 heavy (non-hydrogen) atoms. The molecule has 8 nitrogen and oxygen atoms in total. The van der Waals surface area contributed by atoms with Gasteiger partial charge in [-0.2, -0.15) is 0 Å². The minimum absolute atomic E-state index is 0.0124. The summed E-state index contributed by atoms with van der Waals surface area (Å²) in [6.45, 7) is 3.03. The number of benzene rings is 2. The molecule has 0 radical (unpaired) electrons. The maximum absolute atomic E-state index is 13.2. The first-order chi connectivity index (χ1) is 15.5. The highest BCUT2D eigenvalue weighted by atomic mass is 19.1. The molecule has 4 aromatic rings. The van der Waals surface area contributed by atoms with Crippen molar-refractivity contribution in [1.29, 1.82) is 0 Å². The monoisotopic (exact) mass is 436 g/mol. The van der Waals surface area contributed by atoms with Crippen LogP contribution in [-0.4, -0.2) is 27.2 Å². The number of aryl methyl sites for hydroxylation is 1. The topological polar surface area (TPSA) is 99.2 Å². The van der Waals surface area contributed by atoms with Gasteiger partial charge < -0.3 is 14.6 Å². The Kier molecular flexibility index (Phi) is 6.25. The smallest absolute Gasteiger partial charge is 0.299 e. The summed E-state index contributed by atoms with van der Waals surface area (Å²) in [4.78, 5) is 29.2. The number of carbonyl (C=O) groups is 1. The molecule has 0 fully saturated rings. The second-order valence-corrected chi connectivity index (χ2v) is 7.06. The van der Waals surface area contributed by atoms with E-state index in [1.165, 1.54) is 35.2 Å². The van der Waals surface area contributed by atoms with E-state index in [0.717, 1.165) is 11.3 Å². The number of aromatic nitrogens is 3. The molecule has 1 N–H and O–H groups in total. The zero-order valence-corrected chi connectivity index (χ0v) is 17.4. The fourth-order valence-corrected chi connectivity index (χ4v) is 3.19. The summed E-state index contributed by atoms with van der Waals surface area (Å²) in [6, 6.07) is 13.1. The summed E-state index contributed by atoms with van der Waals surface area (Å²) in [6.07, 6.45) is 1.46. The van der Waals surface area contributed by atoms with Crippen molar-refractivity contribution in [1.82, 2.24) is 20.0 Å². The number of halogens is 1. The van der Waals surface area contributed by atoms with Crippen LogP contribution in [-0.2, 0) is 17.9 Å². The fraction of sp³-hybridized carbons (Fsp3) is 0.217. The van der Waals surface area contributed by atoms with Gasteiger partial charge in [0.15, 0.2) is 0 Å². The number of hydrogen-bond donors (Lipinski definition) is 1. The maximum atomic E-state index is 13.2. The second-order valence-electron chi connectivity index (χ2n) is 7.06. The van der Waals surface area contributed by atoms with Crippen molar-refractivity contribution >= 4 is 17.0 Å². The average Bonchev–Trinajstić information content (AvgIpc) is 3.24. The number of ether oxygens (including phenoxy) is 1. The average molecular weight is 436 g/mol. The van der Waals surface area contributed by atoms with E-state index in [2.05, 4.69) is 15.5 Å². The lowest BCUT2D eigenvalue weighted by Crippen LogP contribution is -2.27. The van der Waals surface area contributed by atoms with Gasteiger partial charge in [-0.05, 0) is 48.9 Å². The van der Waals surface area contributed by atoms with Crippen molar-refractivity contribution in [2.24, 2.45) is 0 Å². The molecule has 2 aromatic carbocycles. The highest BCUT2D eigenvalue weighted by molar-refractivity contribution is 5.87. The van der Waals surface area contributed by atoms with Crippen LogP contribution in [0.15, 0.2) is 64.2 Å². The lowest BCUT2D eigenvalue weighted by molar-refractivity contribution is -0.121. The number of nitrogens with one attached hydrogen (secondary N) is 1. The number of rotatable bonds is 8. The Bertz CT molecular complexity index is 1280. The first kappa shape index (κ1) is 21.2. The molecule has 0 aliphatic heterocycles. The third-order valence-electron chi connectivity index (χ3n) is 4.87. The van der Waals surface area contributed by atoms with E-state index in [9.17, 15) is 14.0 Å². The molecule has 0 aliphatic rings. The lowest BCUT2D eigenvalue weighted by atomic mass is 10.1. The Hall–Kier alpha value is -4.01. The number of nitrogens with zero attached hydrogens (tertiary/aromatic N) is 3. The van der Waals surface area contributed by atoms with Gasteiger partial charge in [-0.3, -0.25) is 14.2 Å². The molecule has 1 amide bonds. The van der Waals surface area contributed by atoms with Crippen molar-refractivity contribution in [3.8, 4) is 17.0 Å². The van der Waals surface area contributed by atoms with Crippen LogP contribution in [0, 0.1) is 5.82 Å². The molecular weight excluding hydrogens is 415 g/mol. The lowest BCUT2D eigenvalue weighted by Gasteiger charge is -2.08. The molecule has 9 heteroatoms. The molecular formula is C23H21FN4O4. The van der Waals surface area contributed by atoms with Crippen molar-refractivity contribution in [2.75, 3.05) is 6.61 Å². The highest BCUT2D eigenvalue weighted by Crippen LogP contribution is 2.24. The van der Waals surface area contributed by atoms with Gasteiger partial charge in [-0.25, -0.2) is 9.37 Å². The second kappa shape index (κ2) is 9.42. The Morgan fingerprint density at radius 1 is 1.16 bits per heavy atom. The van der Waals surface area contributed by atoms with Gasteiger partial charge in [-0.15, -0.1) is 0 Å². The molecule has 0 atom stereocenters. The van der Waals surface area contributed by atoms with Gasteiger partial charge >= 0.3 is 0 Å². The minimum Gasteiger partial charge on any atom is -0.494 e. The van der Waals surface area contributed by atoms with Gasteiger partial charge in [0, 0.05) is 25.1 Å². The number of amides is 1. The Labute approximate surface area is 182 Å². The van der Waals surface area contributed by atoms with Crippen LogP contribution in [0.4, 0.5) is 4.39 Å². The Morgan fingerprint density at radius 2 is 1.91 bits per heavy atom. The van der Waals surface area contributed by atoms with Crippen LogP contribution in [0.25, 0.3) is 22.4 Å². The van der Waals surface area contributed by atoms with Crippen LogP contribution < -0.4 is 15.6 Å². The largest absolute Gasteiger partial charge is 0.494 e. The molecule has 164 valence electrons. The molecule has 0 saturated carbocycles. The number of fused-ring (bicyclic) bond motifs is 1. The highest BCUT2D eigenvalue weighted by Gasteiger charge is 2.16. The van der Waals surface area contributed by atoms with E-state index in [1.807, 2.05) is 31.2 Å². The molecule has 0 aliphatic carbocycles. The van der Waals surface area contributed by atoms with E-state index in [4.69, 9.17) is 9.26 Å². The summed E-state index contributed by atoms with van der Waals surface area (Å²) in [7, 11) is 0. The van der Waals surface area contributed by atoms with Crippen molar-refractivity contribution in [2.45, 2.75) is 26.4 Å². The summed E-state index contributed by atoms with van der Waals surface area (Å²) >= 11 is 0. The van der Waals surface area contributed by atoms with E-state index in [1.54, 1.807) is 0 Å². The first-order valence-corrected chi connectivity index (χ1v) is 10.1. The van der Waals surface area contributed by atoms with Gasteiger partial charge in [0.1, 0.15) is 22.8 Å². The summed E-state index contributed by atoms with van der Waals surface area (Å²) in [5, 5.41) is 6.74. The SMILES string of the molecule is CCOc1ccc(CNC(=O)CCn2cnc3c(-c4ccc(F)cc4)noc3c2=O)cc1. The molecule has 0 saturated heterocycles. The van der Waals surface area contributed by atoms with E-state index < -0.39 is 5.56 Å². The van der Waals surface area contributed by atoms with Crippen molar-refractivity contribution in [3.05, 3.63) is 76.6 Å². The zero-order chi connectivity index (χ0) is 22.5. The molecule has 0 unspecified atom stereocenters. The van der Waals surface area contributed by atoms with Crippen LogP contribution in [0.2, 0.25) is 0 Å². The normalized spacial score (nSPS) is 10.9. The predicted molar refractivity (Wildman–Crippen MR) is 116 cm³/mol. The van der Waals surface area contributed by atoms with Gasteiger partial charge in [0.2, 0.25) is 5.91 Å². The minimum atomic E-state index is -0.435. The fourth-order valence-electron chi connectivity index (χ4n) is 3.19. The zero-order valence-electron chi connectivity index (χ0n) is 17.4. The molecule has 2 aromatic heterocycles. The Balaban J connectivity index is 1.39. The van der Waals surface area contributed by atoms with Crippen molar-refractivity contribution in [3.63, 3.8) is 0 Å². The van der Waals surface area contributed by atoms with E-state index >= 15 is 0 Å². The van der Waals surface area contributed by atoms with Gasteiger partial charge in [0.25, 0.3) is 11.1 Å². The van der Waals surface area contributed by atoms with Gasteiger partial charge in [0.05, 0.1) is 12.9 Å². The maximum Gasteiger partial charge on any atom is 0.299 e. The quantitative estimate of drug-likeness (QED) is 0.455. The molecule has 2 heterocycles. The van der Waals surface area contributed by atoms with Crippen LogP contribution in [0.3, 0.4) is 0 Å². The number of carbonyl (C=O) groups excluding carboxylic acids is 1. The van der Waals surface area contributed by atoms with E-state index in [0.29, 0.717) is 24.4 Å². The molecule has 0 bridgehead atoms. The number of hydrogen-bond acceptors (Lipinski definition) is 6. The summed E-state index contributed by atoms with van der Waals surface area (Å²) in [5.74, 6) is 0.202. The standard InChI is InChI=1S/C23H21FN4O4/c1-2-31-18-9-3-15(4-10-18)13-25-19(29)11-12-28-14-26-21-20(27-32-22(21)23(28)30)16-5-7-17(24)8-6-16/h3-10,14H,2,11-13H2,1H3,(H,25,29). The molecule has 0 spiro atoms. The van der Waals surface area contributed by atoms with Crippen LogP contribution in [0.1, 0.15) is 18.9 Å². The van der Waals surface area contributed by atoms with Crippen LogP contribution in [0.5, 0.6) is 5.75 Å². The predicted octanol–water partition coefficient (Wildman–Crippen LogP) is 3.30. The Morgan fingerprint density at radius 3 is 2.62 bits per heavy atom. The van der Waals surface area contributed by atoms with Crippen LogP contribution >= 0.6 is 0 Å². The third kappa shape index (κ3) is 4.66. The van der Waals surface area contributed by atoms with Crippen molar-refractivity contribution < 1.29 is 18.4 Å². The summed E-state index contributed by atoms with van der Waals surface area (Å²) < 4.78 is 25.0. The van der Waals surface area contributed by atoms with Gasteiger partial charge in [-0.1, -0.05) is 17.3 Å². The van der Waals surface area contributed by atoms with E-state index in [-0.39, 0.29) is 35.8 Å². The summed E-state index contributed by atoms with van der Waals surface area (Å²) in [5.41, 5.74) is 1.73. The first-order valence-electron chi connectivity index (χ1n) is 10.1. The third-order valence-corrected chi connectivity index (χ3v) is 4.87. The molecule has 4 rings (SSSR count).